The predicted octanol–water partition coefficient (Wildman–Crippen LogP) is 0.330. The first-order chi connectivity index (χ1) is 11.3. The Labute approximate surface area is 142 Å². The highest BCUT2D eigenvalue weighted by Gasteiger charge is 2.36. The van der Waals surface area contributed by atoms with Crippen LogP contribution in [-0.4, -0.2) is 65.0 Å². The van der Waals surface area contributed by atoms with Crippen LogP contribution < -0.4 is 5.32 Å². The third kappa shape index (κ3) is 3.94. The summed E-state index contributed by atoms with van der Waals surface area (Å²) < 4.78 is 0. The van der Waals surface area contributed by atoms with E-state index < -0.39 is 6.04 Å². The Morgan fingerprint density at radius 2 is 1.58 bits per heavy atom. The van der Waals surface area contributed by atoms with Crippen molar-refractivity contribution in [2.24, 2.45) is 5.92 Å². The van der Waals surface area contributed by atoms with Crippen molar-refractivity contribution in [3.05, 3.63) is 0 Å². The van der Waals surface area contributed by atoms with Crippen LogP contribution in [0.1, 0.15) is 46.5 Å². The maximum Gasteiger partial charge on any atom is 0.243 e. The normalized spacial score (nSPS) is 23.7. The van der Waals surface area contributed by atoms with Gasteiger partial charge >= 0.3 is 0 Å². The molecule has 2 rings (SSSR count). The number of likely N-dealkylation sites (tertiary alicyclic amines) is 2. The van der Waals surface area contributed by atoms with E-state index in [1.165, 1.54) is 6.92 Å². The molecule has 3 amide bonds. The number of rotatable bonds is 5. The Bertz CT molecular complexity index is 532. The zero-order valence-corrected chi connectivity index (χ0v) is 14.7. The molecule has 134 valence electrons. The molecule has 0 aliphatic carbocycles. The smallest absolute Gasteiger partial charge is 0.243 e. The fourth-order valence-corrected chi connectivity index (χ4v) is 3.54. The molecule has 7 heteroatoms. The SMILES string of the molecule is CC(=O)N1CCCC1C(=O)NCC(=O)N1CCCC1C(=O)C(C)C. The van der Waals surface area contributed by atoms with Gasteiger partial charge in [0.05, 0.1) is 12.6 Å². The highest BCUT2D eigenvalue weighted by Crippen LogP contribution is 2.21. The van der Waals surface area contributed by atoms with E-state index >= 15 is 0 Å². The molecule has 0 radical (unpaired) electrons. The Hall–Kier alpha value is -1.92. The second-order valence-corrected chi connectivity index (χ2v) is 6.89. The minimum Gasteiger partial charge on any atom is -0.345 e. The van der Waals surface area contributed by atoms with Crippen molar-refractivity contribution < 1.29 is 19.2 Å². The molecule has 0 saturated carbocycles. The van der Waals surface area contributed by atoms with Gasteiger partial charge in [0.25, 0.3) is 0 Å². The van der Waals surface area contributed by atoms with Crippen LogP contribution in [0, 0.1) is 5.92 Å². The summed E-state index contributed by atoms with van der Waals surface area (Å²) in [6.45, 7) is 6.13. The van der Waals surface area contributed by atoms with Crippen LogP contribution in [0.4, 0.5) is 0 Å². The van der Waals surface area contributed by atoms with Gasteiger partial charge in [-0.15, -0.1) is 0 Å². The summed E-state index contributed by atoms with van der Waals surface area (Å²) in [6, 6.07) is -0.850. The molecule has 2 saturated heterocycles. The van der Waals surface area contributed by atoms with Gasteiger partial charge < -0.3 is 15.1 Å². The Morgan fingerprint density at radius 1 is 1.00 bits per heavy atom. The van der Waals surface area contributed by atoms with Gasteiger partial charge in [-0.1, -0.05) is 13.8 Å². The third-order valence-corrected chi connectivity index (χ3v) is 4.84. The molecule has 0 bridgehead atoms. The quantitative estimate of drug-likeness (QED) is 0.783. The molecule has 0 aromatic heterocycles. The van der Waals surface area contributed by atoms with E-state index in [4.69, 9.17) is 0 Å². The summed E-state index contributed by atoms with van der Waals surface area (Å²) in [5.74, 6) is -0.679. The first-order valence-corrected chi connectivity index (χ1v) is 8.71. The lowest BCUT2D eigenvalue weighted by Gasteiger charge is -2.26. The summed E-state index contributed by atoms with van der Waals surface area (Å²) >= 11 is 0. The predicted molar refractivity (Wildman–Crippen MR) is 88.0 cm³/mol. The molecule has 2 fully saturated rings. The molecular formula is C17H27N3O4. The van der Waals surface area contributed by atoms with Crippen LogP contribution in [0.15, 0.2) is 0 Å². The van der Waals surface area contributed by atoms with Gasteiger partial charge in [0.15, 0.2) is 5.78 Å². The number of hydrogen-bond acceptors (Lipinski definition) is 4. The number of nitrogens with one attached hydrogen (secondary N) is 1. The Morgan fingerprint density at radius 3 is 2.17 bits per heavy atom. The van der Waals surface area contributed by atoms with E-state index in [2.05, 4.69) is 5.32 Å². The number of nitrogens with zero attached hydrogens (tertiary/aromatic N) is 2. The van der Waals surface area contributed by atoms with Gasteiger partial charge in [-0.2, -0.15) is 0 Å². The van der Waals surface area contributed by atoms with E-state index in [-0.39, 0.29) is 42.0 Å². The molecule has 2 heterocycles. The van der Waals surface area contributed by atoms with Crippen LogP contribution in [0.25, 0.3) is 0 Å². The maximum absolute atomic E-state index is 12.4. The van der Waals surface area contributed by atoms with E-state index in [0.717, 1.165) is 12.8 Å². The lowest BCUT2D eigenvalue weighted by Crippen LogP contribution is -2.50. The fraction of sp³-hybridized carbons (Fsp3) is 0.765. The van der Waals surface area contributed by atoms with Crippen molar-refractivity contribution in [2.75, 3.05) is 19.6 Å². The number of hydrogen-bond donors (Lipinski definition) is 1. The van der Waals surface area contributed by atoms with Crippen molar-refractivity contribution >= 4 is 23.5 Å². The van der Waals surface area contributed by atoms with Gasteiger partial charge in [0.2, 0.25) is 17.7 Å². The molecule has 7 nitrogen and oxygen atoms in total. The zero-order valence-electron chi connectivity index (χ0n) is 14.7. The largest absolute Gasteiger partial charge is 0.345 e. The summed E-state index contributed by atoms with van der Waals surface area (Å²) in [5.41, 5.74) is 0. The number of amides is 3. The van der Waals surface area contributed by atoms with E-state index in [0.29, 0.717) is 25.9 Å². The van der Waals surface area contributed by atoms with Gasteiger partial charge in [-0.05, 0) is 25.7 Å². The molecule has 0 aromatic carbocycles. The highest BCUT2D eigenvalue weighted by atomic mass is 16.2. The molecule has 0 spiro atoms. The van der Waals surface area contributed by atoms with Crippen LogP contribution in [0.5, 0.6) is 0 Å². The van der Waals surface area contributed by atoms with Crippen LogP contribution >= 0.6 is 0 Å². The summed E-state index contributed by atoms with van der Waals surface area (Å²) in [7, 11) is 0. The van der Waals surface area contributed by atoms with Crippen molar-refractivity contribution in [3.8, 4) is 0 Å². The topological polar surface area (TPSA) is 86.8 Å². The zero-order chi connectivity index (χ0) is 17.9. The van der Waals surface area contributed by atoms with Crippen molar-refractivity contribution in [3.63, 3.8) is 0 Å². The van der Waals surface area contributed by atoms with Crippen molar-refractivity contribution in [2.45, 2.75) is 58.5 Å². The average Bonchev–Trinajstić information content (AvgIpc) is 3.19. The minimum absolute atomic E-state index is 0.0747. The Balaban J connectivity index is 1.89. The molecule has 2 aliphatic rings. The molecule has 0 aromatic rings. The number of ketones is 1. The summed E-state index contributed by atoms with van der Waals surface area (Å²) in [4.78, 5) is 51.5. The van der Waals surface area contributed by atoms with Crippen LogP contribution in [-0.2, 0) is 19.2 Å². The monoisotopic (exact) mass is 337 g/mol. The minimum atomic E-state index is -0.484. The van der Waals surface area contributed by atoms with Gasteiger partial charge in [-0.3, -0.25) is 19.2 Å². The second-order valence-electron chi connectivity index (χ2n) is 6.89. The first-order valence-electron chi connectivity index (χ1n) is 8.71. The second kappa shape index (κ2) is 7.77. The average molecular weight is 337 g/mol. The highest BCUT2D eigenvalue weighted by molar-refractivity contribution is 5.93. The van der Waals surface area contributed by atoms with Gasteiger partial charge in [0.1, 0.15) is 6.04 Å². The molecule has 2 aliphatic heterocycles. The number of carbonyl (C=O) groups excluding carboxylic acids is 4. The van der Waals surface area contributed by atoms with Crippen molar-refractivity contribution in [1.82, 2.24) is 15.1 Å². The molecular weight excluding hydrogens is 310 g/mol. The molecule has 2 unspecified atom stereocenters. The summed E-state index contributed by atoms with van der Waals surface area (Å²) in [6.07, 6.45) is 2.92. The first kappa shape index (κ1) is 18.4. The van der Waals surface area contributed by atoms with Crippen LogP contribution in [0.2, 0.25) is 0 Å². The third-order valence-electron chi connectivity index (χ3n) is 4.84. The maximum atomic E-state index is 12.4. The molecule has 24 heavy (non-hydrogen) atoms. The summed E-state index contributed by atoms with van der Waals surface area (Å²) in [5, 5.41) is 2.64. The molecule has 1 N–H and O–H groups in total. The molecule has 2 atom stereocenters. The van der Waals surface area contributed by atoms with Crippen LogP contribution in [0.3, 0.4) is 0 Å². The van der Waals surface area contributed by atoms with Crippen molar-refractivity contribution in [1.29, 1.82) is 0 Å². The van der Waals surface area contributed by atoms with E-state index in [9.17, 15) is 19.2 Å². The van der Waals surface area contributed by atoms with Gasteiger partial charge in [-0.25, -0.2) is 0 Å². The number of carbonyl (C=O) groups is 4. The fourth-order valence-electron chi connectivity index (χ4n) is 3.54. The standard InChI is InChI=1S/C17H27N3O4/c1-11(2)16(23)13-6-4-9-20(13)15(22)10-18-17(24)14-7-5-8-19(14)12(3)21/h11,13-14H,4-10H2,1-3H3,(H,18,24). The number of Topliss-reactive ketones (excluding diaryl/α,β-unsaturated/α-hetero) is 1. The van der Waals surface area contributed by atoms with Gasteiger partial charge in [0, 0.05) is 25.9 Å². The van der Waals surface area contributed by atoms with E-state index in [1.807, 2.05) is 13.8 Å². The van der Waals surface area contributed by atoms with E-state index in [1.54, 1.807) is 9.80 Å². The Kier molecular flexibility index (Phi) is 5.96. The lowest BCUT2D eigenvalue weighted by molar-refractivity contribution is -0.140. The lowest BCUT2D eigenvalue weighted by atomic mass is 10.00.